The van der Waals surface area contributed by atoms with Crippen molar-refractivity contribution in [3.63, 3.8) is 0 Å². The van der Waals surface area contributed by atoms with Crippen molar-refractivity contribution >= 4 is 29.6 Å². The summed E-state index contributed by atoms with van der Waals surface area (Å²) in [4.78, 5) is 39.2. The number of imide groups is 2. The fraction of sp³-hybridized carbons (Fsp3) is 0.115. The first kappa shape index (κ1) is 22.0. The van der Waals surface area contributed by atoms with Gasteiger partial charge in [0, 0.05) is 5.56 Å². The lowest BCUT2D eigenvalue weighted by molar-refractivity contribution is -0.122. The molecule has 0 aliphatic carbocycles. The number of urea groups is 1. The van der Waals surface area contributed by atoms with Gasteiger partial charge < -0.3 is 4.74 Å². The SMILES string of the molecule is Cc1ccc(N2C(=O)NC(=O)/C(=C\c3ccccc3OCc3ccc(F)cc3)C2=O)c(C)c1. The van der Waals surface area contributed by atoms with E-state index in [1.807, 2.05) is 13.0 Å². The molecule has 0 spiro atoms. The molecule has 1 heterocycles. The second kappa shape index (κ2) is 9.08. The minimum Gasteiger partial charge on any atom is -0.488 e. The molecule has 1 N–H and O–H groups in total. The van der Waals surface area contributed by atoms with Crippen molar-refractivity contribution in [3.05, 3.63) is 100 Å². The average Bonchev–Trinajstić information content (AvgIpc) is 2.78. The summed E-state index contributed by atoms with van der Waals surface area (Å²) in [5.74, 6) is -1.40. The number of hydrogen-bond donors (Lipinski definition) is 1. The number of nitrogens with one attached hydrogen (secondary N) is 1. The number of amides is 4. The van der Waals surface area contributed by atoms with Gasteiger partial charge >= 0.3 is 6.03 Å². The predicted molar refractivity (Wildman–Crippen MR) is 122 cm³/mol. The number of rotatable bonds is 5. The Morgan fingerprint density at radius 3 is 2.42 bits per heavy atom. The minimum absolute atomic E-state index is 0.174. The standard InChI is InChI=1S/C26H21FN2O4/c1-16-7-12-22(17(2)13-16)29-25(31)21(24(30)28-26(29)32)14-19-5-3-4-6-23(19)33-15-18-8-10-20(27)11-9-18/h3-14H,15H2,1-2H3,(H,28,30,32)/b21-14+. The van der Waals surface area contributed by atoms with Crippen LogP contribution in [0.2, 0.25) is 0 Å². The number of para-hydroxylation sites is 1. The minimum atomic E-state index is -0.796. The molecule has 4 amide bonds. The predicted octanol–water partition coefficient (Wildman–Crippen LogP) is 4.69. The zero-order valence-corrected chi connectivity index (χ0v) is 18.1. The smallest absolute Gasteiger partial charge is 0.335 e. The number of aryl methyl sites for hydroxylation is 2. The maximum atomic E-state index is 13.2. The molecule has 1 fully saturated rings. The van der Waals surface area contributed by atoms with Crippen LogP contribution in [-0.4, -0.2) is 17.8 Å². The Balaban J connectivity index is 1.65. The van der Waals surface area contributed by atoms with Crippen molar-refractivity contribution in [2.24, 2.45) is 0 Å². The highest BCUT2D eigenvalue weighted by Crippen LogP contribution is 2.28. The molecule has 0 radical (unpaired) electrons. The van der Waals surface area contributed by atoms with Crippen molar-refractivity contribution in [1.29, 1.82) is 0 Å². The summed E-state index contributed by atoms with van der Waals surface area (Å²) < 4.78 is 19.0. The van der Waals surface area contributed by atoms with Crippen LogP contribution in [0.4, 0.5) is 14.9 Å². The average molecular weight is 444 g/mol. The van der Waals surface area contributed by atoms with Crippen LogP contribution >= 0.6 is 0 Å². The number of carbonyl (C=O) groups excluding carboxylic acids is 3. The first-order valence-corrected chi connectivity index (χ1v) is 10.3. The molecule has 0 unspecified atom stereocenters. The van der Waals surface area contributed by atoms with Gasteiger partial charge in [-0.25, -0.2) is 14.1 Å². The highest BCUT2D eigenvalue weighted by Gasteiger charge is 2.37. The van der Waals surface area contributed by atoms with Crippen LogP contribution < -0.4 is 15.0 Å². The number of hydrogen-bond acceptors (Lipinski definition) is 4. The first-order chi connectivity index (χ1) is 15.8. The van der Waals surface area contributed by atoms with Crippen LogP contribution in [0.5, 0.6) is 5.75 Å². The van der Waals surface area contributed by atoms with E-state index >= 15 is 0 Å². The summed E-state index contributed by atoms with van der Waals surface area (Å²) in [6.45, 7) is 3.88. The lowest BCUT2D eigenvalue weighted by atomic mass is 10.0. The third-order valence-electron chi connectivity index (χ3n) is 5.22. The molecule has 33 heavy (non-hydrogen) atoms. The van der Waals surface area contributed by atoms with Gasteiger partial charge in [0.2, 0.25) is 0 Å². The van der Waals surface area contributed by atoms with E-state index in [-0.39, 0.29) is 18.0 Å². The van der Waals surface area contributed by atoms with Crippen molar-refractivity contribution < 1.29 is 23.5 Å². The Morgan fingerprint density at radius 1 is 0.970 bits per heavy atom. The molecule has 1 aliphatic rings. The number of halogens is 1. The monoisotopic (exact) mass is 444 g/mol. The quantitative estimate of drug-likeness (QED) is 0.458. The van der Waals surface area contributed by atoms with Crippen LogP contribution in [-0.2, 0) is 16.2 Å². The molecule has 4 rings (SSSR count). The Kier molecular flexibility index (Phi) is 6.04. The topological polar surface area (TPSA) is 75.7 Å². The van der Waals surface area contributed by atoms with Gasteiger partial charge in [0.25, 0.3) is 11.8 Å². The van der Waals surface area contributed by atoms with Gasteiger partial charge in [0.05, 0.1) is 5.69 Å². The van der Waals surface area contributed by atoms with Crippen LogP contribution in [0.25, 0.3) is 6.08 Å². The molecule has 3 aromatic rings. The maximum Gasteiger partial charge on any atom is 0.335 e. The van der Waals surface area contributed by atoms with E-state index in [1.54, 1.807) is 55.5 Å². The molecule has 1 saturated heterocycles. The van der Waals surface area contributed by atoms with Gasteiger partial charge in [0.1, 0.15) is 23.7 Å². The summed E-state index contributed by atoms with van der Waals surface area (Å²) in [6, 6.07) is 17.3. The molecule has 1 aliphatic heterocycles. The molecule has 0 aromatic heterocycles. The van der Waals surface area contributed by atoms with Crippen molar-refractivity contribution in [3.8, 4) is 5.75 Å². The normalized spacial score (nSPS) is 15.1. The molecule has 0 bridgehead atoms. The fourth-order valence-corrected chi connectivity index (χ4v) is 3.56. The van der Waals surface area contributed by atoms with Crippen molar-refractivity contribution in [1.82, 2.24) is 5.32 Å². The lowest BCUT2D eigenvalue weighted by Gasteiger charge is -2.27. The van der Waals surface area contributed by atoms with Crippen molar-refractivity contribution in [2.75, 3.05) is 4.90 Å². The van der Waals surface area contributed by atoms with Crippen LogP contribution in [0.1, 0.15) is 22.3 Å². The highest BCUT2D eigenvalue weighted by atomic mass is 19.1. The molecule has 3 aromatic carbocycles. The van der Waals surface area contributed by atoms with E-state index in [4.69, 9.17) is 4.74 Å². The van der Waals surface area contributed by atoms with E-state index in [2.05, 4.69) is 5.32 Å². The number of carbonyl (C=O) groups is 3. The Hall–Kier alpha value is -4.26. The molecule has 6 nitrogen and oxygen atoms in total. The molecule has 0 saturated carbocycles. The molecule has 0 atom stereocenters. The fourth-order valence-electron chi connectivity index (χ4n) is 3.56. The molecular weight excluding hydrogens is 423 g/mol. The van der Waals surface area contributed by atoms with Crippen LogP contribution in [0.15, 0.2) is 72.3 Å². The summed E-state index contributed by atoms with van der Waals surface area (Å²) in [7, 11) is 0. The Labute approximate surface area is 190 Å². The van der Waals surface area contributed by atoms with E-state index in [0.717, 1.165) is 21.6 Å². The Bertz CT molecular complexity index is 1280. The summed E-state index contributed by atoms with van der Waals surface area (Å²) >= 11 is 0. The highest BCUT2D eigenvalue weighted by molar-refractivity contribution is 6.39. The number of benzene rings is 3. The van der Waals surface area contributed by atoms with Gasteiger partial charge in [-0.05, 0) is 55.3 Å². The van der Waals surface area contributed by atoms with Gasteiger partial charge in [-0.15, -0.1) is 0 Å². The number of nitrogens with zero attached hydrogens (tertiary/aromatic N) is 1. The number of barbiturate groups is 1. The second-order valence-corrected chi connectivity index (χ2v) is 7.70. The largest absolute Gasteiger partial charge is 0.488 e. The van der Waals surface area contributed by atoms with E-state index in [9.17, 15) is 18.8 Å². The zero-order valence-electron chi connectivity index (χ0n) is 18.1. The summed E-state index contributed by atoms with van der Waals surface area (Å²) in [5.41, 5.74) is 3.19. The van der Waals surface area contributed by atoms with Gasteiger partial charge in [-0.1, -0.05) is 48.0 Å². The molecule has 166 valence electrons. The first-order valence-electron chi connectivity index (χ1n) is 10.3. The Morgan fingerprint density at radius 2 is 1.70 bits per heavy atom. The molecular formula is C26H21FN2O4. The van der Waals surface area contributed by atoms with Gasteiger partial charge in [-0.3, -0.25) is 14.9 Å². The maximum absolute atomic E-state index is 13.2. The molecule has 7 heteroatoms. The third-order valence-corrected chi connectivity index (χ3v) is 5.22. The van der Waals surface area contributed by atoms with Gasteiger partial charge in [-0.2, -0.15) is 0 Å². The van der Waals surface area contributed by atoms with E-state index in [1.165, 1.54) is 18.2 Å². The van der Waals surface area contributed by atoms with Crippen molar-refractivity contribution in [2.45, 2.75) is 20.5 Å². The van der Waals surface area contributed by atoms with E-state index < -0.39 is 17.8 Å². The van der Waals surface area contributed by atoms with E-state index in [0.29, 0.717) is 17.0 Å². The van der Waals surface area contributed by atoms with Crippen LogP contribution in [0, 0.1) is 19.7 Å². The number of anilines is 1. The third kappa shape index (κ3) is 4.67. The summed E-state index contributed by atoms with van der Waals surface area (Å²) in [6.07, 6.45) is 1.40. The second-order valence-electron chi connectivity index (χ2n) is 7.70. The zero-order chi connectivity index (χ0) is 23.5. The van der Waals surface area contributed by atoms with Gasteiger partial charge in [0.15, 0.2) is 0 Å². The van der Waals surface area contributed by atoms with Crippen LogP contribution in [0.3, 0.4) is 0 Å². The summed E-state index contributed by atoms with van der Waals surface area (Å²) in [5, 5.41) is 2.24. The number of ether oxygens (including phenoxy) is 1. The lowest BCUT2D eigenvalue weighted by Crippen LogP contribution is -2.54.